The molecule has 1 amide bonds. The molecule has 0 saturated carbocycles. The molecule has 288 valence electrons. The van der Waals surface area contributed by atoms with E-state index in [1.807, 2.05) is 122 Å². The van der Waals surface area contributed by atoms with Crippen LogP contribution in [0.5, 0.6) is 0 Å². The molecule has 55 heavy (non-hydrogen) atoms. The SMILES string of the molecule is CC(=O)OC1O[C@H](CN(C(C)=O)S(=O)(=O)c2cccc3c(N(C)C)cccc23)[C@H](OCc2ccccc2)[C@H](OCc2ccccc2)[C@H]1OCc1ccccc1. The highest BCUT2D eigenvalue weighted by atomic mass is 32.2. The van der Waals surface area contributed by atoms with Crippen molar-refractivity contribution < 1.29 is 41.7 Å². The number of rotatable bonds is 15. The fourth-order valence-electron chi connectivity index (χ4n) is 6.71. The number of hydrogen-bond donors (Lipinski definition) is 0. The quantitative estimate of drug-likeness (QED) is 0.109. The minimum absolute atomic E-state index is 0.0426. The molecule has 0 N–H and O–H groups in total. The van der Waals surface area contributed by atoms with Crippen LogP contribution in [0.2, 0.25) is 0 Å². The average molecular weight is 767 g/mol. The Morgan fingerprint density at radius 3 is 1.62 bits per heavy atom. The molecule has 0 radical (unpaired) electrons. The summed E-state index contributed by atoms with van der Waals surface area (Å²) >= 11 is 0. The van der Waals surface area contributed by atoms with E-state index in [0.717, 1.165) is 26.7 Å². The molecule has 1 heterocycles. The molecule has 5 aromatic rings. The van der Waals surface area contributed by atoms with Crippen molar-refractivity contribution in [2.45, 2.75) is 69.3 Å². The van der Waals surface area contributed by atoms with E-state index in [2.05, 4.69) is 0 Å². The Labute approximate surface area is 322 Å². The largest absolute Gasteiger partial charge is 0.433 e. The Kier molecular flexibility index (Phi) is 13.0. The van der Waals surface area contributed by atoms with Crippen molar-refractivity contribution in [2.24, 2.45) is 0 Å². The molecule has 1 fully saturated rings. The van der Waals surface area contributed by atoms with Crippen molar-refractivity contribution in [1.82, 2.24) is 4.31 Å². The number of carbonyl (C=O) groups excluding carboxylic acids is 2. The van der Waals surface area contributed by atoms with Gasteiger partial charge in [-0.3, -0.25) is 9.59 Å². The summed E-state index contributed by atoms with van der Waals surface area (Å²) in [7, 11) is -0.732. The van der Waals surface area contributed by atoms with E-state index in [0.29, 0.717) is 10.8 Å². The first-order valence-corrected chi connectivity index (χ1v) is 19.5. The lowest BCUT2D eigenvalue weighted by Gasteiger charge is -2.46. The standard InChI is InChI=1S/C43H46N2O9S/c1-30(46)45(55(48,49)39-25-15-22-35-36(39)23-14-24-37(35)44(3)4)26-38-40(50-27-32-16-8-5-9-17-32)41(51-28-33-18-10-6-11-19-33)42(43(54-38)53-31(2)47)52-29-34-20-12-7-13-21-34/h5-25,38,40-43H,26-29H2,1-4H3/t38-,40+,41+,42-,43?/m1/s1. The maximum absolute atomic E-state index is 14.7. The number of hydrogen-bond acceptors (Lipinski definition) is 10. The van der Waals surface area contributed by atoms with Crippen LogP contribution in [0.4, 0.5) is 5.69 Å². The molecule has 0 aliphatic carbocycles. The number of fused-ring (bicyclic) bond motifs is 1. The molecule has 1 aliphatic rings. The zero-order chi connectivity index (χ0) is 39.0. The van der Waals surface area contributed by atoms with Gasteiger partial charge in [0.25, 0.3) is 10.0 Å². The number of anilines is 1. The predicted molar refractivity (Wildman–Crippen MR) is 208 cm³/mol. The Morgan fingerprint density at radius 2 is 1.11 bits per heavy atom. The summed E-state index contributed by atoms with van der Waals surface area (Å²) in [6, 6.07) is 38.8. The summed E-state index contributed by atoms with van der Waals surface area (Å²) in [6.45, 7) is 2.31. The van der Waals surface area contributed by atoms with E-state index in [1.165, 1.54) is 19.9 Å². The van der Waals surface area contributed by atoms with Gasteiger partial charge in [-0.2, -0.15) is 0 Å². The van der Waals surface area contributed by atoms with E-state index >= 15 is 0 Å². The summed E-state index contributed by atoms with van der Waals surface area (Å²) in [5.74, 6) is -1.38. The van der Waals surface area contributed by atoms with Crippen molar-refractivity contribution in [3.63, 3.8) is 0 Å². The molecular weight excluding hydrogens is 721 g/mol. The molecule has 0 spiro atoms. The van der Waals surface area contributed by atoms with E-state index in [-0.39, 0.29) is 24.7 Å². The molecule has 0 bridgehead atoms. The normalized spacial score (nSPS) is 19.8. The second-order valence-electron chi connectivity index (χ2n) is 13.5. The van der Waals surface area contributed by atoms with Crippen LogP contribution in [0, 0.1) is 0 Å². The van der Waals surface area contributed by atoms with Crippen molar-refractivity contribution in [1.29, 1.82) is 0 Å². The number of carbonyl (C=O) groups is 2. The highest BCUT2D eigenvalue weighted by Crippen LogP contribution is 2.35. The number of ether oxygens (including phenoxy) is 5. The van der Waals surface area contributed by atoms with Crippen LogP contribution in [-0.2, 0) is 63.1 Å². The van der Waals surface area contributed by atoms with Crippen LogP contribution in [0.3, 0.4) is 0 Å². The Bertz CT molecular complexity index is 2150. The van der Waals surface area contributed by atoms with Gasteiger partial charge in [0.15, 0.2) is 0 Å². The Balaban J connectivity index is 1.42. The zero-order valence-electron chi connectivity index (χ0n) is 31.3. The van der Waals surface area contributed by atoms with Gasteiger partial charge in [0.05, 0.1) is 31.3 Å². The molecule has 12 heteroatoms. The fourth-order valence-corrected chi connectivity index (χ4v) is 8.33. The highest BCUT2D eigenvalue weighted by molar-refractivity contribution is 7.90. The third kappa shape index (κ3) is 9.59. The maximum Gasteiger partial charge on any atom is 0.305 e. The Morgan fingerprint density at radius 1 is 0.618 bits per heavy atom. The van der Waals surface area contributed by atoms with Gasteiger partial charge in [0, 0.05) is 44.4 Å². The lowest BCUT2D eigenvalue weighted by Crippen LogP contribution is -2.63. The third-order valence-electron chi connectivity index (χ3n) is 9.34. The first kappa shape index (κ1) is 39.6. The van der Waals surface area contributed by atoms with Crippen LogP contribution in [0.15, 0.2) is 132 Å². The van der Waals surface area contributed by atoms with Crippen molar-refractivity contribution in [2.75, 3.05) is 25.5 Å². The minimum atomic E-state index is -4.48. The van der Waals surface area contributed by atoms with Gasteiger partial charge in [0.1, 0.15) is 24.4 Å². The molecule has 1 saturated heterocycles. The number of amides is 1. The van der Waals surface area contributed by atoms with Crippen molar-refractivity contribution in [3.8, 4) is 0 Å². The molecule has 5 atom stereocenters. The molecular formula is C43H46N2O9S. The first-order chi connectivity index (χ1) is 26.5. The lowest BCUT2D eigenvalue weighted by atomic mass is 9.97. The second kappa shape index (κ2) is 18.0. The average Bonchev–Trinajstić information content (AvgIpc) is 3.18. The maximum atomic E-state index is 14.7. The molecule has 0 aromatic heterocycles. The van der Waals surface area contributed by atoms with Crippen LogP contribution in [-0.4, -0.2) is 75.9 Å². The summed E-state index contributed by atoms with van der Waals surface area (Å²) in [4.78, 5) is 28.0. The van der Waals surface area contributed by atoms with Gasteiger partial charge >= 0.3 is 5.97 Å². The van der Waals surface area contributed by atoms with Gasteiger partial charge < -0.3 is 28.6 Å². The topological polar surface area (TPSA) is 121 Å². The second-order valence-corrected chi connectivity index (χ2v) is 15.3. The molecule has 11 nitrogen and oxygen atoms in total. The zero-order valence-corrected chi connectivity index (χ0v) is 32.1. The molecule has 1 unspecified atom stereocenters. The highest BCUT2D eigenvalue weighted by Gasteiger charge is 2.51. The van der Waals surface area contributed by atoms with Crippen LogP contribution >= 0.6 is 0 Å². The van der Waals surface area contributed by atoms with Crippen LogP contribution in [0.1, 0.15) is 30.5 Å². The fraction of sp³-hybridized carbons (Fsp3) is 0.302. The van der Waals surface area contributed by atoms with Crippen molar-refractivity contribution >= 4 is 38.4 Å². The van der Waals surface area contributed by atoms with E-state index in [4.69, 9.17) is 23.7 Å². The Hall–Kier alpha value is -5.11. The first-order valence-electron chi connectivity index (χ1n) is 18.0. The summed E-state index contributed by atoms with van der Waals surface area (Å²) in [5, 5.41) is 1.16. The molecule has 1 aliphatic heterocycles. The summed E-state index contributed by atoms with van der Waals surface area (Å²) in [6.07, 6.45) is -5.51. The van der Waals surface area contributed by atoms with Crippen molar-refractivity contribution in [3.05, 3.63) is 144 Å². The number of nitrogens with zero attached hydrogens (tertiary/aromatic N) is 2. The van der Waals surface area contributed by atoms with Gasteiger partial charge in [-0.1, -0.05) is 115 Å². The number of benzene rings is 5. The predicted octanol–water partition coefficient (Wildman–Crippen LogP) is 6.49. The number of sulfonamides is 1. The lowest BCUT2D eigenvalue weighted by molar-refractivity contribution is -0.314. The summed E-state index contributed by atoms with van der Waals surface area (Å²) < 4.78 is 62.1. The van der Waals surface area contributed by atoms with Crippen LogP contribution in [0.25, 0.3) is 10.8 Å². The van der Waals surface area contributed by atoms with E-state index < -0.39 is 59.2 Å². The van der Waals surface area contributed by atoms with Gasteiger partial charge in [0.2, 0.25) is 12.2 Å². The van der Waals surface area contributed by atoms with E-state index in [1.54, 1.807) is 18.2 Å². The monoisotopic (exact) mass is 766 g/mol. The van der Waals surface area contributed by atoms with Crippen LogP contribution < -0.4 is 4.90 Å². The number of esters is 1. The molecule has 6 rings (SSSR count). The van der Waals surface area contributed by atoms with Gasteiger partial charge in [-0.05, 0) is 28.8 Å². The third-order valence-corrected chi connectivity index (χ3v) is 11.2. The van der Waals surface area contributed by atoms with Gasteiger partial charge in [-0.15, -0.1) is 0 Å². The smallest absolute Gasteiger partial charge is 0.305 e. The van der Waals surface area contributed by atoms with Gasteiger partial charge in [-0.25, -0.2) is 12.7 Å². The summed E-state index contributed by atoms with van der Waals surface area (Å²) in [5.41, 5.74) is 3.38. The molecule has 5 aromatic carbocycles. The minimum Gasteiger partial charge on any atom is -0.433 e. The van der Waals surface area contributed by atoms with E-state index in [9.17, 15) is 18.0 Å².